The lowest BCUT2D eigenvalue weighted by Crippen LogP contribution is -2.36. The molecule has 2 amide bonds. The summed E-state index contributed by atoms with van der Waals surface area (Å²) in [6.45, 7) is 0.689. The SMILES string of the molecule is COC(=O)Nc1ccc2c(-c3nc(NC(=O)[C@@H]4CCCN4)ncc3C(F)(F)F)c[nH]c2c1Br. The first-order valence-corrected chi connectivity index (χ1v) is 10.6. The Morgan fingerprint density at radius 1 is 1.27 bits per heavy atom. The maximum Gasteiger partial charge on any atom is 0.419 e. The van der Waals surface area contributed by atoms with Crippen molar-refractivity contribution in [2.75, 3.05) is 24.3 Å². The number of halogens is 4. The van der Waals surface area contributed by atoms with Gasteiger partial charge in [-0.25, -0.2) is 14.8 Å². The number of rotatable bonds is 4. The van der Waals surface area contributed by atoms with E-state index < -0.39 is 29.8 Å². The zero-order valence-electron chi connectivity index (χ0n) is 17.1. The first kappa shape index (κ1) is 23.0. The summed E-state index contributed by atoms with van der Waals surface area (Å²) in [6.07, 6.45) is -1.95. The lowest BCUT2D eigenvalue weighted by molar-refractivity contribution is -0.137. The molecule has 0 spiro atoms. The zero-order chi connectivity index (χ0) is 23.8. The average molecular weight is 527 g/mol. The van der Waals surface area contributed by atoms with Crippen molar-refractivity contribution in [2.45, 2.75) is 25.1 Å². The van der Waals surface area contributed by atoms with Crippen LogP contribution in [-0.4, -0.2) is 46.6 Å². The highest BCUT2D eigenvalue weighted by atomic mass is 79.9. The fourth-order valence-electron chi connectivity index (χ4n) is 3.58. The number of amides is 2. The summed E-state index contributed by atoms with van der Waals surface area (Å²) >= 11 is 3.35. The summed E-state index contributed by atoms with van der Waals surface area (Å²) < 4.78 is 46.2. The summed E-state index contributed by atoms with van der Waals surface area (Å²) in [7, 11) is 1.21. The third-order valence-electron chi connectivity index (χ3n) is 5.18. The van der Waals surface area contributed by atoms with E-state index in [0.29, 0.717) is 40.2 Å². The van der Waals surface area contributed by atoms with E-state index in [1.165, 1.54) is 19.4 Å². The van der Waals surface area contributed by atoms with Crippen molar-refractivity contribution < 1.29 is 27.5 Å². The highest BCUT2D eigenvalue weighted by molar-refractivity contribution is 9.10. The molecule has 0 bridgehead atoms. The van der Waals surface area contributed by atoms with Crippen LogP contribution in [0.15, 0.2) is 29.0 Å². The summed E-state index contributed by atoms with van der Waals surface area (Å²) in [5, 5.41) is 8.42. The van der Waals surface area contributed by atoms with Crippen molar-refractivity contribution >= 4 is 50.5 Å². The molecule has 0 radical (unpaired) electrons. The maximum atomic E-state index is 13.7. The van der Waals surface area contributed by atoms with E-state index in [0.717, 1.165) is 6.42 Å². The van der Waals surface area contributed by atoms with Gasteiger partial charge >= 0.3 is 12.3 Å². The Morgan fingerprint density at radius 2 is 2.06 bits per heavy atom. The van der Waals surface area contributed by atoms with E-state index >= 15 is 0 Å². The van der Waals surface area contributed by atoms with Crippen LogP contribution in [0, 0.1) is 0 Å². The molecule has 4 N–H and O–H groups in total. The fourth-order valence-corrected chi connectivity index (χ4v) is 4.14. The number of hydrogen-bond donors (Lipinski definition) is 4. The second-order valence-corrected chi connectivity index (χ2v) is 8.05. The van der Waals surface area contributed by atoms with Gasteiger partial charge in [-0.2, -0.15) is 13.2 Å². The van der Waals surface area contributed by atoms with Crippen molar-refractivity contribution in [3.63, 3.8) is 0 Å². The molecule has 1 fully saturated rings. The van der Waals surface area contributed by atoms with Crippen molar-refractivity contribution in [2.24, 2.45) is 0 Å². The number of benzene rings is 1. The number of anilines is 2. The number of methoxy groups -OCH3 is 1. The van der Waals surface area contributed by atoms with E-state index in [-0.39, 0.29) is 17.2 Å². The van der Waals surface area contributed by atoms with E-state index in [2.05, 4.69) is 51.6 Å². The molecule has 33 heavy (non-hydrogen) atoms. The van der Waals surface area contributed by atoms with Crippen LogP contribution in [0.3, 0.4) is 0 Å². The van der Waals surface area contributed by atoms with E-state index in [1.54, 1.807) is 6.07 Å². The Hall–Kier alpha value is -3.19. The van der Waals surface area contributed by atoms with E-state index in [1.807, 2.05) is 0 Å². The van der Waals surface area contributed by atoms with E-state index in [4.69, 9.17) is 0 Å². The highest BCUT2D eigenvalue weighted by Crippen LogP contribution is 2.41. The Kier molecular flexibility index (Phi) is 6.26. The van der Waals surface area contributed by atoms with Gasteiger partial charge in [0, 0.05) is 23.3 Å². The number of carbonyl (C=O) groups excluding carboxylic acids is 2. The third kappa shape index (κ3) is 4.64. The van der Waals surface area contributed by atoms with Crippen molar-refractivity contribution in [3.8, 4) is 11.3 Å². The Bertz CT molecular complexity index is 1220. The predicted molar refractivity (Wildman–Crippen MR) is 118 cm³/mol. The molecular weight excluding hydrogens is 509 g/mol. The summed E-state index contributed by atoms with van der Waals surface area (Å²) in [5.74, 6) is -0.632. The van der Waals surface area contributed by atoms with Gasteiger partial charge in [0.25, 0.3) is 0 Å². The largest absolute Gasteiger partial charge is 0.453 e. The molecule has 1 aliphatic rings. The normalized spacial score (nSPS) is 16.1. The molecular formula is C20H18BrF3N6O3. The molecule has 1 aliphatic heterocycles. The molecule has 3 aromatic rings. The second kappa shape index (κ2) is 8.98. The molecule has 0 aliphatic carbocycles. The van der Waals surface area contributed by atoms with Gasteiger partial charge in [-0.05, 0) is 41.4 Å². The number of H-pyrrole nitrogens is 1. The minimum absolute atomic E-state index is 0.152. The lowest BCUT2D eigenvalue weighted by Gasteiger charge is -2.14. The van der Waals surface area contributed by atoms with Crippen LogP contribution in [0.5, 0.6) is 0 Å². The number of aromatic nitrogens is 3. The van der Waals surface area contributed by atoms with Crippen LogP contribution < -0.4 is 16.0 Å². The standard InChI is InChI=1S/C20H18BrF3N6O3/c1-33-19(32)28-12-5-4-9-10(7-26-16(9)14(12)21)15-11(20(22,23)24)8-27-18(29-15)30-17(31)13-3-2-6-25-13/h4-5,7-8,13,25-26H,2-3,6H2,1H3,(H,28,32)(H,27,29,30,31)/t13-/m0/s1. The predicted octanol–water partition coefficient (Wildman–Crippen LogP) is 4.28. The minimum atomic E-state index is -4.72. The van der Waals surface area contributed by atoms with Gasteiger partial charge in [0.1, 0.15) is 5.56 Å². The van der Waals surface area contributed by atoms with Crippen molar-refractivity contribution in [1.29, 1.82) is 0 Å². The smallest absolute Gasteiger partial charge is 0.419 e. The molecule has 1 atom stereocenters. The Labute approximate surface area is 193 Å². The van der Waals surface area contributed by atoms with Gasteiger partial charge < -0.3 is 15.0 Å². The number of ether oxygens (including phenoxy) is 1. The van der Waals surface area contributed by atoms with Gasteiger partial charge in [0.2, 0.25) is 11.9 Å². The molecule has 174 valence electrons. The monoisotopic (exact) mass is 526 g/mol. The molecule has 4 rings (SSSR count). The topological polar surface area (TPSA) is 121 Å². The minimum Gasteiger partial charge on any atom is -0.453 e. The molecule has 2 aromatic heterocycles. The Balaban J connectivity index is 1.76. The van der Waals surface area contributed by atoms with Gasteiger partial charge in [-0.1, -0.05) is 6.07 Å². The van der Waals surface area contributed by atoms with Crippen LogP contribution in [0.4, 0.5) is 29.6 Å². The molecule has 3 heterocycles. The lowest BCUT2D eigenvalue weighted by atomic mass is 10.1. The van der Waals surface area contributed by atoms with Gasteiger partial charge in [-0.3, -0.25) is 15.4 Å². The molecule has 0 unspecified atom stereocenters. The second-order valence-electron chi connectivity index (χ2n) is 7.26. The molecule has 0 saturated carbocycles. The summed E-state index contributed by atoms with van der Waals surface area (Å²) in [5.41, 5.74) is -0.489. The van der Waals surface area contributed by atoms with Gasteiger partial charge in [-0.15, -0.1) is 0 Å². The zero-order valence-corrected chi connectivity index (χ0v) is 18.7. The number of aromatic amines is 1. The molecule has 9 nitrogen and oxygen atoms in total. The summed E-state index contributed by atoms with van der Waals surface area (Å²) in [6, 6.07) is 2.62. The van der Waals surface area contributed by atoms with E-state index in [9.17, 15) is 22.8 Å². The first-order chi connectivity index (χ1) is 15.7. The molecule has 1 saturated heterocycles. The first-order valence-electron chi connectivity index (χ1n) is 9.82. The third-order valence-corrected chi connectivity index (χ3v) is 6.00. The number of hydrogen-bond acceptors (Lipinski definition) is 6. The number of alkyl halides is 3. The van der Waals surface area contributed by atoms with Crippen LogP contribution >= 0.6 is 15.9 Å². The Morgan fingerprint density at radius 3 is 2.73 bits per heavy atom. The van der Waals surface area contributed by atoms with Crippen molar-refractivity contribution in [1.82, 2.24) is 20.3 Å². The molecule has 1 aromatic carbocycles. The van der Waals surface area contributed by atoms with Crippen LogP contribution in [-0.2, 0) is 15.7 Å². The van der Waals surface area contributed by atoms with Crippen LogP contribution in [0.25, 0.3) is 22.2 Å². The number of nitrogens with zero attached hydrogens (tertiary/aromatic N) is 2. The number of carbonyl (C=O) groups is 2. The number of fused-ring (bicyclic) bond motifs is 1. The quantitative estimate of drug-likeness (QED) is 0.402. The fraction of sp³-hybridized carbons (Fsp3) is 0.300. The summed E-state index contributed by atoms with van der Waals surface area (Å²) in [4.78, 5) is 34.6. The van der Waals surface area contributed by atoms with Crippen LogP contribution in [0.1, 0.15) is 18.4 Å². The van der Waals surface area contributed by atoms with Crippen LogP contribution in [0.2, 0.25) is 0 Å². The van der Waals surface area contributed by atoms with Crippen molar-refractivity contribution in [3.05, 3.63) is 34.6 Å². The number of nitrogens with one attached hydrogen (secondary N) is 4. The van der Waals surface area contributed by atoms with Gasteiger partial charge in [0.05, 0.1) is 34.5 Å². The average Bonchev–Trinajstić information content (AvgIpc) is 3.45. The maximum absolute atomic E-state index is 13.7. The highest BCUT2D eigenvalue weighted by Gasteiger charge is 2.36. The van der Waals surface area contributed by atoms with Gasteiger partial charge in [0.15, 0.2) is 0 Å². The molecule has 13 heteroatoms.